The van der Waals surface area contributed by atoms with Crippen molar-refractivity contribution in [2.45, 2.75) is 12.0 Å². The van der Waals surface area contributed by atoms with Crippen LogP contribution in [0, 0.1) is 5.82 Å². The summed E-state index contributed by atoms with van der Waals surface area (Å²) in [6.07, 6.45) is 0.730. The molecule has 19 heavy (non-hydrogen) atoms. The third kappa shape index (κ3) is 3.13. The molecule has 1 unspecified atom stereocenters. The fourth-order valence-corrected chi connectivity index (χ4v) is 2.42. The Morgan fingerprint density at radius 1 is 1.63 bits per heavy atom. The highest BCUT2D eigenvalue weighted by Gasteiger charge is 2.35. The number of hydrogen-bond donors (Lipinski definition) is 1. The van der Waals surface area contributed by atoms with E-state index in [1.807, 2.05) is 0 Å². The Morgan fingerprint density at radius 2 is 2.42 bits per heavy atom. The standard InChI is InChI=1S/C13H15BrFNO3/c1-18-13(5-6-19-8-13)7-16-12(17)9-3-2-4-10(15)11(9)14/h2-4H,5-8H2,1H3,(H,16,17). The molecule has 0 saturated carbocycles. The largest absolute Gasteiger partial charge is 0.378 e. The van der Waals surface area contributed by atoms with Crippen LogP contribution in [0.25, 0.3) is 0 Å². The zero-order valence-corrected chi connectivity index (χ0v) is 12.1. The molecule has 6 heteroatoms. The molecule has 2 rings (SSSR count). The predicted molar refractivity (Wildman–Crippen MR) is 71.6 cm³/mol. The molecule has 4 nitrogen and oxygen atoms in total. The van der Waals surface area contributed by atoms with Gasteiger partial charge in [-0.25, -0.2) is 4.39 Å². The number of carbonyl (C=O) groups excluding carboxylic acids is 1. The third-order valence-electron chi connectivity index (χ3n) is 3.27. The molecular formula is C13H15BrFNO3. The van der Waals surface area contributed by atoms with E-state index < -0.39 is 11.4 Å². The summed E-state index contributed by atoms with van der Waals surface area (Å²) < 4.78 is 24.2. The summed E-state index contributed by atoms with van der Waals surface area (Å²) in [5.74, 6) is -0.798. The molecule has 1 fully saturated rings. The third-order valence-corrected chi connectivity index (χ3v) is 4.07. The Balaban J connectivity index is 2.03. The molecule has 0 radical (unpaired) electrons. The minimum Gasteiger partial charge on any atom is -0.378 e. The fourth-order valence-electron chi connectivity index (χ4n) is 1.98. The molecule has 0 bridgehead atoms. The molecule has 1 atom stereocenters. The number of methoxy groups -OCH3 is 1. The van der Waals surface area contributed by atoms with Gasteiger partial charge in [-0.1, -0.05) is 6.07 Å². The Labute approximate surface area is 119 Å². The minimum atomic E-state index is -0.477. The quantitative estimate of drug-likeness (QED) is 0.919. The van der Waals surface area contributed by atoms with Crippen LogP contribution in [0.1, 0.15) is 16.8 Å². The van der Waals surface area contributed by atoms with E-state index >= 15 is 0 Å². The predicted octanol–water partition coefficient (Wildman–Crippen LogP) is 2.12. The van der Waals surface area contributed by atoms with E-state index in [0.717, 1.165) is 6.42 Å². The molecule has 1 amide bonds. The molecule has 0 aliphatic carbocycles. The molecule has 1 aromatic carbocycles. The van der Waals surface area contributed by atoms with E-state index in [4.69, 9.17) is 9.47 Å². The normalized spacial score (nSPS) is 22.5. The van der Waals surface area contributed by atoms with Gasteiger partial charge in [-0.2, -0.15) is 0 Å². The number of ether oxygens (including phenoxy) is 2. The number of carbonyl (C=O) groups is 1. The van der Waals surface area contributed by atoms with Gasteiger partial charge in [0.05, 0.1) is 16.6 Å². The van der Waals surface area contributed by atoms with Crippen molar-refractivity contribution in [3.8, 4) is 0 Å². The van der Waals surface area contributed by atoms with E-state index in [2.05, 4.69) is 21.2 Å². The van der Waals surface area contributed by atoms with Gasteiger partial charge < -0.3 is 14.8 Å². The minimum absolute atomic E-state index is 0.168. The van der Waals surface area contributed by atoms with Crippen molar-refractivity contribution in [1.29, 1.82) is 0 Å². The second-order valence-electron chi connectivity index (χ2n) is 4.47. The lowest BCUT2D eigenvalue weighted by atomic mass is 10.0. The van der Waals surface area contributed by atoms with E-state index in [-0.39, 0.29) is 15.9 Å². The van der Waals surface area contributed by atoms with E-state index in [1.165, 1.54) is 12.1 Å². The molecule has 1 saturated heterocycles. The first-order chi connectivity index (χ1) is 9.08. The van der Waals surface area contributed by atoms with Crippen molar-refractivity contribution in [2.75, 3.05) is 26.9 Å². The van der Waals surface area contributed by atoms with Gasteiger partial charge in [-0.05, 0) is 28.1 Å². The summed E-state index contributed by atoms with van der Waals surface area (Å²) >= 11 is 3.07. The Morgan fingerprint density at radius 3 is 3.05 bits per heavy atom. The summed E-state index contributed by atoms with van der Waals surface area (Å²) in [5.41, 5.74) is -0.208. The smallest absolute Gasteiger partial charge is 0.252 e. The van der Waals surface area contributed by atoms with E-state index in [0.29, 0.717) is 19.8 Å². The highest BCUT2D eigenvalue weighted by atomic mass is 79.9. The molecule has 1 N–H and O–H groups in total. The first-order valence-corrected chi connectivity index (χ1v) is 6.72. The summed E-state index contributed by atoms with van der Waals surface area (Å²) in [6, 6.07) is 4.36. The molecule has 1 aliphatic rings. The first kappa shape index (κ1) is 14.4. The van der Waals surface area contributed by atoms with Crippen LogP contribution in [0.15, 0.2) is 22.7 Å². The Bertz CT molecular complexity index is 475. The Kier molecular flexibility index (Phi) is 4.54. The van der Waals surface area contributed by atoms with Gasteiger partial charge >= 0.3 is 0 Å². The lowest BCUT2D eigenvalue weighted by Gasteiger charge is -2.25. The average Bonchev–Trinajstić information content (AvgIpc) is 2.89. The topological polar surface area (TPSA) is 47.6 Å². The van der Waals surface area contributed by atoms with Gasteiger partial charge in [0, 0.05) is 26.7 Å². The van der Waals surface area contributed by atoms with Crippen molar-refractivity contribution in [2.24, 2.45) is 0 Å². The van der Waals surface area contributed by atoms with Crippen LogP contribution in [-0.4, -0.2) is 38.4 Å². The van der Waals surface area contributed by atoms with Crippen molar-refractivity contribution in [3.05, 3.63) is 34.1 Å². The summed E-state index contributed by atoms with van der Waals surface area (Å²) in [7, 11) is 1.60. The number of benzene rings is 1. The van der Waals surface area contributed by atoms with E-state index in [1.54, 1.807) is 13.2 Å². The van der Waals surface area contributed by atoms with Gasteiger partial charge in [-0.3, -0.25) is 4.79 Å². The lowest BCUT2D eigenvalue weighted by molar-refractivity contribution is -0.0148. The fraction of sp³-hybridized carbons (Fsp3) is 0.462. The van der Waals surface area contributed by atoms with Crippen LogP contribution in [0.3, 0.4) is 0 Å². The number of hydrogen-bond acceptors (Lipinski definition) is 3. The Hall–Kier alpha value is -0.980. The number of rotatable bonds is 4. The van der Waals surface area contributed by atoms with Gasteiger partial charge in [0.15, 0.2) is 0 Å². The monoisotopic (exact) mass is 331 g/mol. The highest BCUT2D eigenvalue weighted by Crippen LogP contribution is 2.23. The molecular weight excluding hydrogens is 317 g/mol. The maximum Gasteiger partial charge on any atom is 0.252 e. The molecule has 0 spiro atoms. The summed E-state index contributed by atoms with van der Waals surface area (Å²) in [4.78, 5) is 12.0. The average molecular weight is 332 g/mol. The van der Waals surface area contributed by atoms with E-state index in [9.17, 15) is 9.18 Å². The van der Waals surface area contributed by atoms with Gasteiger partial charge in [0.25, 0.3) is 5.91 Å². The van der Waals surface area contributed by atoms with Crippen LogP contribution < -0.4 is 5.32 Å². The molecule has 1 aromatic rings. The van der Waals surface area contributed by atoms with Crippen LogP contribution in [0.4, 0.5) is 4.39 Å². The maximum absolute atomic E-state index is 13.4. The molecule has 104 valence electrons. The second kappa shape index (κ2) is 5.98. The summed E-state index contributed by atoms with van der Waals surface area (Å²) in [6.45, 7) is 1.41. The second-order valence-corrected chi connectivity index (χ2v) is 5.27. The van der Waals surface area contributed by atoms with Gasteiger partial charge in [0.1, 0.15) is 11.4 Å². The van der Waals surface area contributed by atoms with Crippen LogP contribution in [0.5, 0.6) is 0 Å². The molecule has 1 aliphatic heterocycles. The highest BCUT2D eigenvalue weighted by molar-refractivity contribution is 9.10. The van der Waals surface area contributed by atoms with Crippen molar-refractivity contribution in [3.63, 3.8) is 0 Å². The lowest BCUT2D eigenvalue weighted by Crippen LogP contribution is -2.45. The van der Waals surface area contributed by atoms with Gasteiger partial charge in [0.2, 0.25) is 0 Å². The van der Waals surface area contributed by atoms with Crippen molar-refractivity contribution in [1.82, 2.24) is 5.32 Å². The van der Waals surface area contributed by atoms with Crippen LogP contribution in [-0.2, 0) is 9.47 Å². The first-order valence-electron chi connectivity index (χ1n) is 5.93. The van der Waals surface area contributed by atoms with Gasteiger partial charge in [-0.15, -0.1) is 0 Å². The zero-order valence-electron chi connectivity index (χ0n) is 10.5. The summed E-state index contributed by atoms with van der Waals surface area (Å²) in [5, 5.41) is 2.76. The SMILES string of the molecule is COC1(CNC(=O)c2cccc(F)c2Br)CCOC1. The number of halogens is 2. The van der Waals surface area contributed by atoms with Crippen molar-refractivity contribution < 1.29 is 18.7 Å². The van der Waals surface area contributed by atoms with Crippen molar-refractivity contribution >= 4 is 21.8 Å². The van der Waals surface area contributed by atoms with Crippen LogP contribution in [0.2, 0.25) is 0 Å². The van der Waals surface area contributed by atoms with Crippen LogP contribution >= 0.6 is 15.9 Å². The maximum atomic E-state index is 13.4. The zero-order chi connectivity index (χ0) is 13.9. The molecule has 1 heterocycles. The number of nitrogens with one attached hydrogen (secondary N) is 1. The molecule has 0 aromatic heterocycles. The number of amides is 1.